The average Bonchev–Trinajstić information content (AvgIpc) is 1.93. The van der Waals surface area contributed by atoms with Crippen molar-refractivity contribution in [2.75, 3.05) is 0 Å². The second-order valence-electron chi connectivity index (χ2n) is 3.31. The molecule has 0 aromatic carbocycles. The Balaban J connectivity index is 2.35. The van der Waals surface area contributed by atoms with Crippen LogP contribution in [0.25, 0.3) is 0 Å². The fourth-order valence-electron chi connectivity index (χ4n) is 1.71. The summed E-state index contributed by atoms with van der Waals surface area (Å²) in [5.74, 6) is -0.492. The van der Waals surface area contributed by atoms with E-state index in [9.17, 15) is 4.79 Å². The first-order valence-electron chi connectivity index (χ1n) is 4.17. The molecule has 3 nitrogen and oxygen atoms in total. The molecule has 0 aliphatic heterocycles. The fourth-order valence-corrected chi connectivity index (χ4v) is 1.71. The third-order valence-electron chi connectivity index (χ3n) is 2.40. The molecule has 0 spiro atoms. The topological polar surface area (TPSA) is 63.3 Å². The molecular weight excluding hydrogens is 142 g/mol. The fraction of sp³-hybridized carbons (Fsp3) is 0.875. The Kier molecular flexibility index (Phi) is 2.88. The molecule has 3 N–H and O–H groups in total. The van der Waals surface area contributed by atoms with Crippen LogP contribution in [-0.4, -0.2) is 17.1 Å². The van der Waals surface area contributed by atoms with E-state index in [1.54, 1.807) is 0 Å². The molecule has 0 unspecified atom stereocenters. The normalized spacial score (nSPS) is 31.7. The van der Waals surface area contributed by atoms with Crippen molar-refractivity contribution in [3.8, 4) is 0 Å². The second kappa shape index (κ2) is 3.72. The summed E-state index contributed by atoms with van der Waals surface area (Å²) in [6.45, 7) is 0. The maximum absolute atomic E-state index is 10.4. The first kappa shape index (κ1) is 8.53. The highest BCUT2D eigenvalue weighted by Crippen LogP contribution is 2.25. The van der Waals surface area contributed by atoms with Crippen LogP contribution in [0.1, 0.15) is 32.1 Å². The zero-order valence-corrected chi connectivity index (χ0v) is 6.62. The summed E-state index contributed by atoms with van der Waals surface area (Å²) in [5.41, 5.74) is 5.76. The summed E-state index contributed by atoms with van der Waals surface area (Å²) in [6.07, 6.45) is 4.55. The predicted octanol–water partition coefficient (Wildman–Crippen LogP) is 0.979. The number of carboxylic acids is 1. The van der Waals surface area contributed by atoms with Gasteiger partial charge in [-0.2, -0.15) is 0 Å². The van der Waals surface area contributed by atoms with E-state index in [-0.39, 0.29) is 18.4 Å². The second-order valence-corrected chi connectivity index (χ2v) is 3.31. The zero-order chi connectivity index (χ0) is 8.27. The highest BCUT2D eigenvalue weighted by atomic mass is 16.4. The summed E-state index contributed by atoms with van der Waals surface area (Å²) in [4.78, 5) is 10.4. The molecule has 1 fully saturated rings. The van der Waals surface area contributed by atoms with E-state index < -0.39 is 5.97 Å². The number of aliphatic carboxylic acids is 1. The molecular formula is C8H15NO2. The molecule has 1 aliphatic carbocycles. The molecule has 0 radical (unpaired) electrons. The Hall–Kier alpha value is -0.570. The van der Waals surface area contributed by atoms with Crippen LogP contribution in [0.5, 0.6) is 0 Å². The first-order valence-corrected chi connectivity index (χ1v) is 4.17. The maximum Gasteiger partial charge on any atom is 0.303 e. The first-order chi connectivity index (χ1) is 5.20. The predicted molar refractivity (Wildman–Crippen MR) is 42.2 cm³/mol. The Morgan fingerprint density at radius 2 is 2.09 bits per heavy atom. The molecule has 0 heterocycles. The number of rotatable bonds is 2. The van der Waals surface area contributed by atoms with Crippen LogP contribution < -0.4 is 5.73 Å². The van der Waals surface area contributed by atoms with E-state index >= 15 is 0 Å². The highest BCUT2D eigenvalue weighted by Gasteiger charge is 2.23. The lowest BCUT2D eigenvalue weighted by molar-refractivity contribution is -0.138. The monoisotopic (exact) mass is 157 g/mol. The van der Waals surface area contributed by atoms with E-state index in [4.69, 9.17) is 10.8 Å². The Morgan fingerprint density at radius 1 is 1.45 bits per heavy atom. The van der Waals surface area contributed by atoms with Crippen LogP contribution in [-0.2, 0) is 4.79 Å². The average molecular weight is 157 g/mol. The molecule has 2 atom stereocenters. The number of hydrogen-bond donors (Lipinski definition) is 2. The Morgan fingerprint density at radius 3 is 2.64 bits per heavy atom. The SMILES string of the molecule is N[C@H]1CCCC[C@@H]1CC(=O)O. The number of nitrogens with two attached hydrogens (primary N) is 1. The standard InChI is InChI=1S/C8H15NO2/c9-7-4-2-1-3-6(7)5-8(10)11/h6-7H,1-5,9H2,(H,10,11)/t6-,7+/m1/s1. The van der Waals surface area contributed by atoms with Crippen molar-refractivity contribution in [2.45, 2.75) is 38.1 Å². The van der Waals surface area contributed by atoms with Crippen molar-refractivity contribution >= 4 is 5.97 Å². The van der Waals surface area contributed by atoms with Gasteiger partial charge in [0.1, 0.15) is 0 Å². The van der Waals surface area contributed by atoms with Crippen LogP contribution in [0.3, 0.4) is 0 Å². The molecule has 0 aromatic rings. The van der Waals surface area contributed by atoms with Gasteiger partial charge in [-0.25, -0.2) is 0 Å². The van der Waals surface area contributed by atoms with Crippen molar-refractivity contribution in [3.05, 3.63) is 0 Å². The van der Waals surface area contributed by atoms with Gasteiger partial charge in [-0.15, -0.1) is 0 Å². The van der Waals surface area contributed by atoms with E-state index in [0.717, 1.165) is 25.7 Å². The molecule has 1 rings (SSSR count). The van der Waals surface area contributed by atoms with Gasteiger partial charge in [0, 0.05) is 12.5 Å². The molecule has 3 heteroatoms. The van der Waals surface area contributed by atoms with Gasteiger partial charge in [-0.05, 0) is 18.8 Å². The van der Waals surface area contributed by atoms with E-state index in [1.165, 1.54) is 0 Å². The summed E-state index contributed by atoms with van der Waals surface area (Å²) in [6, 6.07) is 0.125. The molecule has 1 aliphatic rings. The summed E-state index contributed by atoms with van der Waals surface area (Å²) in [7, 11) is 0. The van der Waals surface area contributed by atoms with Crippen molar-refractivity contribution in [1.29, 1.82) is 0 Å². The van der Waals surface area contributed by atoms with Gasteiger partial charge in [0.05, 0.1) is 0 Å². The van der Waals surface area contributed by atoms with Crippen LogP contribution >= 0.6 is 0 Å². The quantitative estimate of drug-likeness (QED) is 0.628. The Labute approximate surface area is 66.6 Å². The molecule has 0 aromatic heterocycles. The van der Waals surface area contributed by atoms with Crippen LogP contribution in [0, 0.1) is 5.92 Å². The van der Waals surface area contributed by atoms with Gasteiger partial charge < -0.3 is 10.8 Å². The molecule has 1 saturated carbocycles. The van der Waals surface area contributed by atoms with E-state index in [1.807, 2.05) is 0 Å². The smallest absolute Gasteiger partial charge is 0.303 e. The maximum atomic E-state index is 10.4. The summed E-state index contributed by atoms with van der Waals surface area (Å²) >= 11 is 0. The lowest BCUT2D eigenvalue weighted by Crippen LogP contribution is -2.34. The van der Waals surface area contributed by atoms with Crippen molar-refractivity contribution < 1.29 is 9.90 Å². The van der Waals surface area contributed by atoms with Crippen LogP contribution in [0.2, 0.25) is 0 Å². The molecule has 0 amide bonds. The van der Waals surface area contributed by atoms with E-state index in [0.29, 0.717) is 0 Å². The molecule has 0 saturated heterocycles. The van der Waals surface area contributed by atoms with Crippen molar-refractivity contribution in [2.24, 2.45) is 11.7 Å². The van der Waals surface area contributed by atoms with Crippen molar-refractivity contribution in [3.63, 3.8) is 0 Å². The molecule has 64 valence electrons. The Bertz CT molecular complexity index is 147. The van der Waals surface area contributed by atoms with E-state index in [2.05, 4.69) is 0 Å². The summed E-state index contributed by atoms with van der Waals surface area (Å²) in [5, 5.41) is 8.53. The largest absolute Gasteiger partial charge is 0.481 e. The lowest BCUT2D eigenvalue weighted by atomic mass is 9.83. The molecule has 11 heavy (non-hydrogen) atoms. The number of carboxylic acid groups (broad SMARTS) is 1. The minimum Gasteiger partial charge on any atom is -0.481 e. The minimum absolute atomic E-state index is 0.125. The van der Waals surface area contributed by atoms with Gasteiger partial charge in [0.15, 0.2) is 0 Å². The number of carbonyl (C=O) groups is 1. The van der Waals surface area contributed by atoms with Gasteiger partial charge in [0.25, 0.3) is 0 Å². The third kappa shape index (κ3) is 2.50. The number of hydrogen-bond acceptors (Lipinski definition) is 2. The van der Waals surface area contributed by atoms with Gasteiger partial charge in [-0.1, -0.05) is 12.8 Å². The van der Waals surface area contributed by atoms with Gasteiger partial charge >= 0.3 is 5.97 Å². The van der Waals surface area contributed by atoms with Crippen LogP contribution in [0.4, 0.5) is 0 Å². The van der Waals surface area contributed by atoms with Gasteiger partial charge in [0.2, 0.25) is 0 Å². The third-order valence-corrected chi connectivity index (χ3v) is 2.40. The van der Waals surface area contributed by atoms with Crippen LogP contribution in [0.15, 0.2) is 0 Å². The zero-order valence-electron chi connectivity index (χ0n) is 6.62. The minimum atomic E-state index is -0.715. The highest BCUT2D eigenvalue weighted by molar-refractivity contribution is 5.67. The summed E-state index contributed by atoms with van der Waals surface area (Å²) < 4.78 is 0. The van der Waals surface area contributed by atoms with Crippen molar-refractivity contribution in [1.82, 2.24) is 0 Å². The molecule has 0 bridgehead atoms. The van der Waals surface area contributed by atoms with Gasteiger partial charge in [-0.3, -0.25) is 4.79 Å². The lowest BCUT2D eigenvalue weighted by Gasteiger charge is -2.26.